The number of nitrogens with two attached hydrogens (primary N) is 1. The van der Waals surface area contributed by atoms with Gasteiger partial charge in [0.05, 0.1) is 5.69 Å². The van der Waals surface area contributed by atoms with Crippen molar-refractivity contribution < 1.29 is 0 Å². The molecule has 2 rings (SSSR count). The zero-order valence-corrected chi connectivity index (χ0v) is 13.3. The maximum Gasteiger partial charge on any atom is 0.107 e. The average molecular weight is 335 g/mol. The van der Waals surface area contributed by atoms with Crippen molar-refractivity contribution in [3.8, 4) is 0 Å². The van der Waals surface area contributed by atoms with Gasteiger partial charge in [0.1, 0.15) is 4.99 Å². The van der Waals surface area contributed by atoms with Gasteiger partial charge in [-0.2, -0.15) is 0 Å². The van der Waals surface area contributed by atoms with Gasteiger partial charge >= 0.3 is 0 Å². The topological polar surface area (TPSA) is 29.3 Å². The molecule has 2 N–H and O–H groups in total. The maximum atomic E-state index is 5.84. The van der Waals surface area contributed by atoms with Gasteiger partial charge in [-0.15, -0.1) is 0 Å². The van der Waals surface area contributed by atoms with Crippen molar-refractivity contribution in [3.05, 3.63) is 58.1 Å². The molecule has 2 aromatic carbocycles. The van der Waals surface area contributed by atoms with Gasteiger partial charge in [0.25, 0.3) is 0 Å². The maximum absolute atomic E-state index is 5.84. The van der Waals surface area contributed by atoms with Crippen LogP contribution in [0, 0.1) is 6.92 Å². The molecule has 0 fully saturated rings. The van der Waals surface area contributed by atoms with Crippen LogP contribution in [0.3, 0.4) is 0 Å². The summed E-state index contributed by atoms with van der Waals surface area (Å²) in [5, 5.41) is 0. The lowest BCUT2D eigenvalue weighted by molar-refractivity contribution is 1.18. The number of anilines is 2. The second-order valence-corrected chi connectivity index (χ2v) is 5.64. The van der Waals surface area contributed by atoms with E-state index in [1.807, 2.05) is 37.4 Å². The highest BCUT2D eigenvalue weighted by atomic mass is 79.9. The number of para-hydroxylation sites is 1. The Morgan fingerprint density at radius 2 is 1.74 bits per heavy atom. The minimum absolute atomic E-state index is 0.392. The second kappa shape index (κ2) is 5.72. The molecule has 0 spiro atoms. The third kappa shape index (κ3) is 2.80. The van der Waals surface area contributed by atoms with Crippen LogP contribution in [0.1, 0.15) is 11.1 Å². The van der Waals surface area contributed by atoms with Crippen LogP contribution >= 0.6 is 28.1 Å². The predicted octanol–water partition coefficient (Wildman–Crippen LogP) is 4.16. The molecular weight excluding hydrogens is 320 g/mol. The van der Waals surface area contributed by atoms with Crippen LogP contribution in [-0.2, 0) is 0 Å². The molecule has 0 unspecified atom stereocenters. The SMILES string of the molecule is Cc1ccccc1N(C)c1cccc(Br)c1C(N)=S. The number of aryl methyl sites for hydroxylation is 1. The minimum Gasteiger partial charge on any atom is -0.389 e. The van der Waals surface area contributed by atoms with Gasteiger partial charge in [-0.05, 0) is 46.6 Å². The van der Waals surface area contributed by atoms with Crippen molar-refractivity contribution in [2.24, 2.45) is 5.73 Å². The van der Waals surface area contributed by atoms with Crippen molar-refractivity contribution in [2.45, 2.75) is 6.92 Å². The summed E-state index contributed by atoms with van der Waals surface area (Å²) in [4.78, 5) is 2.50. The summed E-state index contributed by atoms with van der Waals surface area (Å²) >= 11 is 8.67. The molecule has 0 saturated heterocycles. The van der Waals surface area contributed by atoms with Crippen LogP contribution < -0.4 is 10.6 Å². The summed E-state index contributed by atoms with van der Waals surface area (Å²) in [5.74, 6) is 0. The number of hydrogen-bond donors (Lipinski definition) is 1. The first-order valence-corrected chi connectivity index (χ1v) is 7.10. The van der Waals surface area contributed by atoms with Crippen LogP contribution in [0.15, 0.2) is 46.9 Å². The van der Waals surface area contributed by atoms with E-state index in [2.05, 4.69) is 39.9 Å². The Morgan fingerprint density at radius 3 is 2.37 bits per heavy atom. The van der Waals surface area contributed by atoms with E-state index in [9.17, 15) is 0 Å². The number of rotatable bonds is 3. The summed E-state index contributed by atoms with van der Waals surface area (Å²) in [5.41, 5.74) is 10.0. The molecule has 2 nitrogen and oxygen atoms in total. The van der Waals surface area contributed by atoms with E-state index in [4.69, 9.17) is 18.0 Å². The Balaban J connectivity index is 2.57. The highest BCUT2D eigenvalue weighted by Crippen LogP contribution is 2.32. The number of benzene rings is 2. The van der Waals surface area contributed by atoms with Crippen LogP contribution in [0.25, 0.3) is 0 Å². The monoisotopic (exact) mass is 334 g/mol. The van der Waals surface area contributed by atoms with E-state index in [1.54, 1.807) is 0 Å². The lowest BCUT2D eigenvalue weighted by Gasteiger charge is -2.24. The smallest absolute Gasteiger partial charge is 0.107 e. The van der Waals surface area contributed by atoms with Crippen molar-refractivity contribution in [1.82, 2.24) is 0 Å². The fourth-order valence-electron chi connectivity index (χ4n) is 2.11. The molecule has 0 heterocycles. The summed E-state index contributed by atoms with van der Waals surface area (Å²) < 4.78 is 0.915. The van der Waals surface area contributed by atoms with Gasteiger partial charge in [0, 0.05) is 22.8 Å². The summed E-state index contributed by atoms with van der Waals surface area (Å²) in [6, 6.07) is 14.2. The van der Waals surface area contributed by atoms with Crippen molar-refractivity contribution >= 4 is 44.5 Å². The van der Waals surface area contributed by atoms with Crippen molar-refractivity contribution in [1.29, 1.82) is 0 Å². The van der Waals surface area contributed by atoms with Crippen LogP contribution in [0.4, 0.5) is 11.4 Å². The van der Waals surface area contributed by atoms with Gasteiger partial charge in [0.15, 0.2) is 0 Å². The Morgan fingerprint density at radius 1 is 1.11 bits per heavy atom. The first-order valence-electron chi connectivity index (χ1n) is 5.90. The second-order valence-electron chi connectivity index (χ2n) is 4.34. The molecule has 4 heteroatoms. The summed E-state index contributed by atoms with van der Waals surface area (Å²) in [7, 11) is 2.02. The Labute approximate surface area is 127 Å². The van der Waals surface area contributed by atoms with E-state index in [0.29, 0.717) is 4.99 Å². The zero-order valence-electron chi connectivity index (χ0n) is 10.9. The number of thiocarbonyl (C=S) groups is 1. The Hall–Kier alpha value is -1.39. The summed E-state index contributed by atoms with van der Waals surface area (Å²) in [6.45, 7) is 2.09. The quantitative estimate of drug-likeness (QED) is 0.854. The van der Waals surface area contributed by atoms with E-state index in [1.165, 1.54) is 5.56 Å². The lowest BCUT2D eigenvalue weighted by atomic mass is 10.1. The molecule has 0 saturated carbocycles. The van der Waals surface area contributed by atoms with Gasteiger partial charge < -0.3 is 10.6 Å². The molecule has 2 aromatic rings. The molecule has 0 amide bonds. The average Bonchev–Trinajstić information content (AvgIpc) is 2.37. The van der Waals surface area contributed by atoms with Crippen LogP contribution in [0.2, 0.25) is 0 Å². The minimum atomic E-state index is 0.392. The van der Waals surface area contributed by atoms with Gasteiger partial charge in [-0.1, -0.05) is 36.5 Å². The fourth-order valence-corrected chi connectivity index (χ4v) is 3.02. The van der Waals surface area contributed by atoms with E-state index in [0.717, 1.165) is 21.4 Å². The van der Waals surface area contributed by atoms with E-state index >= 15 is 0 Å². The highest BCUT2D eigenvalue weighted by Gasteiger charge is 2.14. The standard InChI is InChI=1S/C15H15BrN2S/c1-10-6-3-4-8-12(10)18(2)13-9-5-7-11(16)14(13)15(17)19/h3-9H,1-2H3,(H2,17,19). The molecule has 0 atom stereocenters. The first kappa shape index (κ1) is 14.0. The third-order valence-electron chi connectivity index (χ3n) is 3.08. The number of nitrogens with zero attached hydrogens (tertiary/aromatic N) is 1. The first-order chi connectivity index (χ1) is 9.02. The van der Waals surface area contributed by atoms with Gasteiger partial charge in [0.2, 0.25) is 0 Å². The molecule has 0 bridgehead atoms. The van der Waals surface area contributed by atoms with Crippen molar-refractivity contribution in [3.63, 3.8) is 0 Å². The van der Waals surface area contributed by atoms with Crippen LogP contribution in [-0.4, -0.2) is 12.0 Å². The fraction of sp³-hybridized carbons (Fsp3) is 0.133. The molecule has 0 aliphatic rings. The van der Waals surface area contributed by atoms with E-state index in [-0.39, 0.29) is 0 Å². The zero-order chi connectivity index (χ0) is 14.0. The third-order valence-corrected chi connectivity index (χ3v) is 3.94. The van der Waals surface area contributed by atoms with E-state index < -0.39 is 0 Å². The van der Waals surface area contributed by atoms with Crippen molar-refractivity contribution in [2.75, 3.05) is 11.9 Å². The predicted molar refractivity (Wildman–Crippen MR) is 89.3 cm³/mol. The number of hydrogen-bond acceptors (Lipinski definition) is 2. The molecule has 0 aromatic heterocycles. The van der Waals surface area contributed by atoms with Crippen LogP contribution in [0.5, 0.6) is 0 Å². The largest absolute Gasteiger partial charge is 0.389 e. The molecule has 0 aliphatic heterocycles. The molecule has 98 valence electrons. The normalized spacial score (nSPS) is 10.3. The highest BCUT2D eigenvalue weighted by molar-refractivity contribution is 9.10. The molecule has 0 aliphatic carbocycles. The number of halogens is 1. The Bertz CT molecular complexity index is 625. The van der Waals surface area contributed by atoms with Gasteiger partial charge in [-0.3, -0.25) is 0 Å². The Kier molecular flexibility index (Phi) is 4.22. The lowest BCUT2D eigenvalue weighted by Crippen LogP contribution is -2.18. The summed E-state index contributed by atoms with van der Waals surface area (Å²) in [6.07, 6.45) is 0. The molecule has 19 heavy (non-hydrogen) atoms. The molecule has 0 radical (unpaired) electrons. The molecular formula is C15H15BrN2S. The van der Waals surface area contributed by atoms with Gasteiger partial charge in [-0.25, -0.2) is 0 Å².